The molecule has 54 valence electrons. The van der Waals surface area contributed by atoms with Crippen LogP contribution in [0.2, 0.25) is 0 Å². The Morgan fingerprint density at radius 2 is 2.20 bits per heavy atom. The molecule has 0 aromatic carbocycles. The molecule has 1 aliphatic carbocycles. The predicted molar refractivity (Wildman–Crippen MR) is 41.3 cm³/mol. The largest absolute Gasteiger partial charge is 0.484 e. The quantitative estimate of drug-likeness (QED) is 0.522. The van der Waals surface area contributed by atoms with E-state index in [0.717, 1.165) is 23.9 Å². The van der Waals surface area contributed by atoms with Gasteiger partial charge < -0.3 is 10.0 Å². The highest BCUT2D eigenvalue weighted by molar-refractivity contribution is 6.51. The summed E-state index contributed by atoms with van der Waals surface area (Å²) in [5.41, 5.74) is 1.74. The van der Waals surface area contributed by atoms with Gasteiger partial charge in [-0.15, -0.1) is 0 Å². The van der Waals surface area contributed by atoms with Crippen molar-refractivity contribution in [3.8, 4) is 0 Å². The molecule has 0 unspecified atom stereocenters. The zero-order valence-electron chi connectivity index (χ0n) is 6.04. The molecule has 0 saturated carbocycles. The van der Waals surface area contributed by atoms with E-state index in [0.29, 0.717) is 0 Å². The summed E-state index contributed by atoms with van der Waals surface area (Å²) >= 11 is 0. The first-order valence-corrected chi connectivity index (χ1v) is 3.44. The predicted octanol–water partition coefficient (Wildman–Crippen LogP) is 0.665. The average Bonchev–Trinajstić information content (AvgIpc) is 1.88. The van der Waals surface area contributed by atoms with E-state index in [2.05, 4.69) is 0 Å². The van der Waals surface area contributed by atoms with Gasteiger partial charge in [-0.05, 0) is 25.2 Å². The van der Waals surface area contributed by atoms with Gasteiger partial charge in [0.2, 0.25) is 0 Å². The van der Waals surface area contributed by atoms with Gasteiger partial charge >= 0.3 is 7.12 Å². The summed E-state index contributed by atoms with van der Waals surface area (Å²) in [6.45, 7) is 1.89. The molecule has 0 amide bonds. The van der Waals surface area contributed by atoms with Gasteiger partial charge in [-0.3, -0.25) is 0 Å². The maximum absolute atomic E-state index is 8.81. The fraction of sp³-hybridized carbons (Fsp3) is 0.429. The van der Waals surface area contributed by atoms with Crippen LogP contribution in [-0.4, -0.2) is 17.2 Å². The second-order valence-corrected chi connectivity index (χ2v) is 2.52. The Morgan fingerprint density at radius 3 is 2.60 bits per heavy atom. The third-order valence-electron chi connectivity index (χ3n) is 1.77. The minimum absolute atomic E-state index is 0.752. The van der Waals surface area contributed by atoms with Gasteiger partial charge in [-0.25, -0.2) is 0 Å². The van der Waals surface area contributed by atoms with Crippen LogP contribution in [0.4, 0.5) is 0 Å². The van der Waals surface area contributed by atoms with Gasteiger partial charge in [0.1, 0.15) is 0 Å². The van der Waals surface area contributed by atoms with E-state index in [1.165, 1.54) is 0 Å². The third kappa shape index (κ3) is 1.49. The highest BCUT2D eigenvalue weighted by atomic mass is 16.4. The summed E-state index contributed by atoms with van der Waals surface area (Å²) in [4.78, 5) is 0. The molecule has 0 spiro atoms. The first-order valence-electron chi connectivity index (χ1n) is 3.44. The number of hydrogen-bond acceptors (Lipinski definition) is 2. The summed E-state index contributed by atoms with van der Waals surface area (Å²) in [5, 5.41) is 17.6. The van der Waals surface area contributed by atoms with Crippen molar-refractivity contribution in [2.45, 2.75) is 19.8 Å². The van der Waals surface area contributed by atoms with Crippen LogP contribution in [0.15, 0.2) is 23.2 Å². The molecule has 0 aromatic heterocycles. The summed E-state index contributed by atoms with van der Waals surface area (Å²) in [5.74, 6) is 0. The zero-order valence-corrected chi connectivity index (χ0v) is 6.04. The number of hydrogen-bond donors (Lipinski definition) is 2. The monoisotopic (exact) mass is 138 g/mol. The molecule has 0 saturated heterocycles. The van der Waals surface area contributed by atoms with Crippen molar-refractivity contribution in [2.75, 3.05) is 0 Å². The minimum atomic E-state index is -1.26. The van der Waals surface area contributed by atoms with Crippen LogP contribution in [-0.2, 0) is 0 Å². The standard InChI is InChI=1S/C7H11BO2/c1-6-4-2-3-5-7(6)8(9)10/h2,4,9-10H,3,5H2,1H3. The third-order valence-corrected chi connectivity index (χ3v) is 1.77. The number of allylic oxidation sites excluding steroid dienone is 4. The lowest BCUT2D eigenvalue weighted by molar-refractivity contribution is 0.416. The van der Waals surface area contributed by atoms with Crippen molar-refractivity contribution in [1.82, 2.24) is 0 Å². The molecule has 2 nitrogen and oxygen atoms in total. The first-order chi connectivity index (χ1) is 4.72. The molecule has 0 bridgehead atoms. The molecule has 0 atom stereocenters. The Balaban J connectivity index is 2.79. The van der Waals surface area contributed by atoms with E-state index in [1.807, 2.05) is 19.1 Å². The Morgan fingerprint density at radius 1 is 1.50 bits per heavy atom. The van der Waals surface area contributed by atoms with Gasteiger partial charge in [0, 0.05) is 0 Å². The molecule has 0 fully saturated rings. The van der Waals surface area contributed by atoms with E-state index >= 15 is 0 Å². The van der Waals surface area contributed by atoms with Crippen LogP contribution in [0, 0.1) is 0 Å². The van der Waals surface area contributed by atoms with Gasteiger partial charge in [0.25, 0.3) is 0 Å². The Labute approximate surface area is 61.0 Å². The second kappa shape index (κ2) is 3.04. The van der Waals surface area contributed by atoms with Crippen LogP contribution in [0.3, 0.4) is 0 Å². The highest BCUT2D eigenvalue weighted by Gasteiger charge is 2.17. The van der Waals surface area contributed by atoms with E-state index in [4.69, 9.17) is 10.0 Å². The summed E-state index contributed by atoms with van der Waals surface area (Å²) < 4.78 is 0. The fourth-order valence-corrected chi connectivity index (χ4v) is 1.14. The normalized spacial score (nSPS) is 17.9. The summed E-state index contributed by atoms with van der Waals surface area (Å²) in [7, 11) is -1.26. The second-order valence-electron chi connectivity index (χ2n) is 2.52. The summed E-state index contributed by atoms with van der Waals surface area (Å²) in [6.07, 6.45) is 5.67. The maximum Gasteiger partial charge on any atom is 0.484 e. The van der Waals surface area contributed by atoms with Gasteiger partial charge in [0.05, 0.1) is 0 Å². The molecule has 0 radical (unpaired) electrons. The van der Waals surface area contributed by atoms with Crippen LogP contribution in [0.5, 0.6) is 0 Å². The van der Waals surface area contributed by atoms with Crippen molar-refractivity contribution in [3.63, 3.8) is 0 Å². The summed E-state index contributed by atoms with van der Waals surface area (Å²) in [6, 6.07) is 0. The lowest BCUT2D eigenvalue weighted by Crippen LogP contribution is -2.17. The Kier molecular flexibility index (Phi) is 2.30. The van der Waals surface area contributed by atoms with Gasteiger partial charge in [-0.2, -0.15) is 0 Å². The van der Waals surface area contributed by atoms with Crippen molar-refractivity contribution >= 4 is 7.12 Å². The minimum Gasteiger partial charge on any atom is -0.423 e. The molecule has 0 heterocycles. The van der Waals surface area contributed by atoms with E-state index in [-0.39, 0.29) is 0 Å². The molecule has 3 heteroatoms. The van der Waals surface area contributed by atoms with Crippen molar-refractivity contribution in [1.29, 1.82) is 0 Å². The lowest BCUT2D eigenvalue weighted by atomic mass is 9.72. The highest BCUT2D eigenvalue weighted by Crippen LogP contribution is 2.18. The van der Waals surface area contributed by atoms with Crippen molar-refractivity contribution in [2.24, 2.45) is 0 Å². The molecule has 0 aliphatic heterocycles. The van der Waals surface area contributed by atoms with Gasteiger partial charge in [0.15, 0.2) is 0 Å². The SMILES string of the molecule is CC1=C(B(O)O)CCC=C1. The van der Waals surface area contributed by atoms with Crippen LogP contribution >= 0.6 is 0 Å². The average molecular weight is 138 g/mol. The van der Waals surface area contributed by atoms with Crippen LogP contribution in [0.1, 0.15) is 19.8 Å². The molecular formula is C7H11BO2. The van der Waals surface area contributed by atoms with Crippen LogP contribution in [0.25, 0.3) is 0 Å². The van der Waals surface area contributed by atoms with Crippen LogP contribution < -0.4 is 0 Å². The van der Waals surface area contributed by atoms with E-state index in [9.17, 15) is 0 Å². The molecule has 10 heavy (non-hydrogen) atoms. The number of rotatable bonds is 1. The molecule has 1 rings (SSSR count). The molecule has 1 aliphatic rings. The molecule has 2 N–H and O–H groups in total. The zero-order chi connectivity index (χ0) is 7.56. The first kappa shape index (κ1) is 7.57. The van der Waals surface area contributed by atoms with E-state index < -0.39 is 7.12 Å². The smallest absolute Gasteiger partial charge is 0.423 e. The molecule has 0 aromatic rings. The van der Waals surface area contributed by atoms with Gasteiger partial charge in [-0.1, -0.05) is 17.7 Å². The lowest BCUT2D eigenvalue weighted by Gasteiger charge is -2.11. The fourth-order valence-electron chi connectivity index (χ4n) is 1.14. The Bertz CT molecular complexity index is 182. The van der Waals surface area contributed by atoms with E-state index in [1.54, 1.807) is 0 Å². The molecular weight excluding hydrogens is 127 g/mol. The van der Waals surface area contributed by atoms with Crippen molar-refractivity contribution < 1.29 is 10.0 Å². The topological polar surface area (TPSA) is 40.5 Å². The maximum atomic E-state index is 8.81. The Hall–Kier alpha value is -0.535. The van der Waals surface area contributed by atoms with Crippen molar-refractivity contribution in [3.05, 3.63) is 23.2 Å².